The van der Waals surface area contributed by atoms with Crippen LogP contribution in [0.25, 0.3) is 16.8 Å². The average molecular weight is 393 g/mol. The number of aromatic nitrogens is 2. The van der Waals surface area contributed by atoms with Crippen molar-refractivity contribution in [2.24, 2.45) is 0 Å². The first-order chi connectivity index (χ1) is 13.9. The second kappa shape index (κ2) is 7.28. The Bertz CT molecular complexity index is 1100. The van der Waals surface area contributed by atoms with E-state index < -0.39 is 5.92 Å². The smallest absolute Gasteiger partial charge is 0.273 e. The molecule has 0 aliphatic heterocycles. The Morgan fingerprint density at radius 1 is 1.28 bits per heavy atom. The molecule has 4 rings (SSSR count). The number of amides is 1. The van der Waals surface area contributed by atoms with E-state index in [4.69, 9.17) is 0 Å². The molecule has 1 amide bonds. The third kappa shape index (κ3) is 3.70. The van der Waals surface area contributed by atoms with Gasteiger partial charge in [-0.25, -0.2) is 13.5 Å². The van der Waals surface area contributed by atoms with E-state index in [0.717, 1.165) is 22.5 Å². The number of aryl methyl sites for hydroxylation is 2. The molecule has 148 valence electrons. The summed E-state index contributed by atoms with van der Waals surface area (Å²) in [5.74, 6) is -3.04. The Balaban J connectivity index is 1.68. The molecule has 0 radical (unpaired) electrons. The maximum atomic E-state index is 14.1. The van der Waals surface area contributed by atoms with Gasteiger partial charge in [-0.3, -0.25) is 4.79 Å². The summed E-state index contributed by atoms with van der Waals surface area (Å²) >= 11 is 0. The van der Waals surface area contributed by atoms with Gasteiger partial charge in [0.05, 0.1) is 11.4 Å². The third-order valence-electron chi connectivity index (χ3n) is 5.21. The van der Waals surface area contributed by atoms with Gasteiger partial charge in [0.2, 0.25) is 5.91 Å². The molecule has 3 aromatic rings. The molecular formula is C23H21F2N3O. The Morgan fingerprint density at radius 3 is 2.90 bits per heavy atom. The highest BCUT2D eigenvalue weighted by Gasteiger charge is 2.36. The largest absolute Gasteiger partial charge is 0.322 e. The minimum Gasteiger partial charge on any atom is -0.322 e. The van der Waals surface area contributed by atoms with Crippen LogP contribution >= 0.6 is 0 Å². The van der Waals surface area contributed by atoms with Gasteiger partial charge in [-0.15, -0.1) is 0 Å². The predicted molar refractivity (Wildman–Crippen MR) is 109 cm³/mol. The first-order valence-electron chi connectivity index (χ1n) is 9.49. The Morgan fingerprint density at radius 2 is 2.10 bits per heavy atom. The molecule has 0 saturated carbocycles. The second-order valence-electron chi connectivity index (χ2n) is 7.25. The summed E-state index contributed by atoms with van der Waals surface area (Å²) in [6.45, 7) is 5.34. The summed E-state index contributed by atoms with van der Waals surface area (Å²) in [5, 5.41) is 7.30. The summed E-state index contributed by atoms with van der Waals surface area (Å²) in [4.78, 5) is 11.5. The van der Waals surface area contributed by atoms with Gasteiger partial charge in [-0.1, -0.05) is 30.8 Å². The van der Waals surface area contributed by atoms with Crippen molar-refractivity contribution >= 4 is 11.6 Å². The van der Waals surface area contributed by atoms with Gasteiger partial charge < -0.3 is 5.32 Å². The second-order valence-corrected chi connectivity index (χ2v) is 7.25. The lowest BCUT2D eigenvalue weighted by Crippen LogP contribution is -2.20. The number of nitrogens with one attached hydrogen (secondary N) is 1. The summed E-state index contributed by atoms with van der Waals surface area (Å²) < 4.78 is 30.0. The lowest BCUT2D eigenvalue weighted by atomic mass is 9.86. The minimum atomic E-state index is -2.75. The SMILES string of the molecule is C=CC(=O)Nc1cccc(-n2cc(-c3ccc4c(c3)CCCC4(F)F)c(C)n2)c1. The van der Waals surface area contributed by atoms with Crippen LogP contribution in [0.1, 0.15) is 29.7 Å². The molecule has 4 nitrogen and oxygen atoms in total. The fourth-order valence-corrected chi connectivity index (χ4v) is 3.76. The predicted octanol–water partition coefficient (Wildman–Crippen LogP) is 5.40. The molecule has 0 bridgehead atoms. The summed E-state index contributed by atoms with van der Waals surface area (Å²) in [6, 6.07) is 12.5. The molecule has 0 fully saturated rings. The standard InChI is InChI=1S/C23H21F2N3O/c1-3-22(29)26-18-7-4-8-19(13-18)28-14-20(15(2)27-28)16-9-10-21-17(12-16)6-5-11-23(21,24)25/h3-4,7-10,12-14H,1,5-6,11H2,2H3,(H,26,29). The van der Waals surface area contributed by atoms with Crippen molar-refractivity contribution in [1.82, 2.24) is 9.78 Å². The van der Waals surface area contributed by atoms with Crippen molar-refractivity contribution < 1.29 is 13.6 Å². The lowest BCUT2D eigenvalue weighted by molar-refractivity contribution is -0.111. The molecule has 1 aliphatic carbocycles. The first kappa shape index (κ1) is 19.1. The van der Waals surface area contributed by atoms with E-state index >= 15 is 0 Å². The van der Waals surface area contributed by atoms with Gasteiger partial charge in [0, 0.05) is 29.4 Å². The normalized spacial score (nSPS) is 14.9. The Hall–Kier alpha value is -3.28. The number of anilines is 1. The van der Waals surface area contributed by atoms with Crippen LogP contribution in [0.3, 0.4) is 0 Å². The highest BCUT2D eigenvalue weighted by molar-refractivity contribution is 5.99. The number of alkyl halides is 2. The van der Waals surface area contributed by atoms with E-state index in [1.165, 1.54) is 6.08 Å². The summed E-state index contributed by atoms with van der Waals surface area (Å²) in [5.41, 5.74) is 4.84. The third-order valence-corrected chi connectivity index (χ3v) is 5.21. The minimum absolute atomic E-state index is 0.0883. The number of fused-ring (bicyclic) bond motifs is 1. The fraction of sp³-hybridized carbons (Fsp3) is 0.217. The van der Waals surface area contributed by atoms with Crippen LogP contribution < -0.4 is 5.32 Å². The van der Waals surface area contributed by atoms with Crippen molar-refractivity contribution in [3.05, 3.63) is 78.1 Å². The quantitative estimate of drug-likeness (QED) is 0.603. The molecule has 6 heteroatoms. The maximum Gasteiger partial charge on any atom is 0.273 e. The molecular weight excluding hydrogens is 372 g/mol. The van der Waals surface area contributed by atoms with E-state index in [1.54, 1.807) is 22.9 Å². The van der Waals surface area contributed by atoms with E-state index in [9.17, 15) is 13.6 Å². The molecule has 29 heavy (non-hydrogen) atoms. The van der Waals surface area contributed by atoms with Crippen LogP contribution in [-0.2, 0) is 17.1 Å². The number of halogens is 2. The molecule has 1 aromatic heterocycles. The van der Waals surface area contributed by atoms with Crippen LogP contribution in [0.2, 0.25) is 0 Å². The van der Waals surface area contributed by atoms with Gasteiger partial charge in [0.25, 0.3) is 5.92 Å². The van der Waals surface area contributed by atoms with Crippen molar-refractivity contribution in [3.63, 3.8) is 0 Å². The number of hydrogen-bond acceptors (Lipinski definition) is 2. The van der Waals surface area contributed by atoms with Gasteiger partial charge in [-0.05, 0) is 55.2 Å². The Labute approximate surface area is 167 Å². The first-order valence-corrected chi connectivity index (χ1v) is 9.49. The molecule has 2 aromatic carbocycles. The Kier molecular flexibility index (Phi) is 4.78. The van der Waals surface area contributed by atoms with Crippen LogP contribution in [0.4, 0.5) is 14.5 Å². The fourth-order valence-electron chi connectivity index (χ4n) is 3.76. The van der Waals surface area contributed by atoms with Crippen LogP contribution in [0.15, 0.2) is 61.3 Å². The van der Waals surface area contributed by atoms with Gasteiger partial charge in [0.15, 0.2) is 0 Å². The van der Waals surface area contributed by atoms with E-state index in [-0.39, 0.29) is 17.9 Å². The molecule has 1 aliphatic rings. The van der Waals surface area contributed by atoms with Crippen molar-refractivity contribution in [2.75, 3.05) is 5.32 Å². The lowest BCUT2D eigenvalue weighted by Gasteiger charge is -2.25. The summed E-state index contributed by atoms with van der Waals surface area (Å²) in [7, 11) is 0. The van der Waals surface area contributed by atoms with Gasteiger partial charge in [-0.2, -0.15) is 5.10 Å². The zero-order chi connectivity index (χ0) is 20.6. The van der Waals surface area contributed by atoms with Gasteiger partial charge in [0.1, 0.15) is 0 Å². The highest BCUT2D eigenvalue weighted by Crippen LogP contribution is 2.41. The maximum absolute atomic E-state index is 14.1. The number of hydrogen-bond donors (Lipinski definition) is 1. The van der Waals surface area contributed by atoms with Crippen molar-refractivity contribution in [3.8, 4) is 16.8 Å². The summed E-state index contributed by atoms with van der Waals surface area (Å²) in [6.07, 6.45) is 4.16. The number of rotatable bonds is 4. The molecule has 0 saturated heterocycles. The van der Waals surface area contributed by atoms with E-state index in [1.807, 2.05) is 37.4 Å². The van der Waals surface area contributed by atoms with Crippen molar-refractivity contribution in [1.29, 1.82) is 0 Å². The van der Waals surface area contributed by atoms with Crippen LogP contribution in [-0.4, -0.2) is 15.7 Å². The molecule has 1 heterocycles. The topological polar surface area (TPSA) is 46.9 Å². The zero-order valence-electron chi connectivity index (χ0n) is 16.1. The highest BCUT2D eigenvalue weighted by atomic mass is 19.3. The molecule has 1 N–H and O–H groups in total. The average Bonchev–Trinajstić information content (AvgIpc) is 3.09. The van der Waals surface area contributed by atoms with Crippen molar-refractivity contribution in [2.45, 2.75) is 32.1 Å². The molecule has 0 unspecified atom stereocenters. The monoisotopic (exact) mass is 393 g/mol. The number of carbonyl (C=O) groups is 1. The van der Waals surface area contributed by atoms with Crippen LogP contribution in [0, 0.1) is 6.92 Å². The van der Waals surface area contributed by atoms with Crippen LogP contribution in [0.5, 0.6) is 0 Å². The number of benzene rings is 2. The molecule has 0 atom stereocenters. The molecule has 0 spiro atoms. The number of nitrogens with zero attached hydrogens (tertiary/aromatic N) is 2. The van der Waals surface area contributed by atoms with E-state index in [2.05, 4.69) is 17.0 Å². The van der Waals surface area contributed by atoms with Gasteiger partial charge >= 0.3 is 0 Å². The van der Waals surface area contributed by atoms with E-state index in [0.29, 0.717) is 24.1 Å². The number of carbonyl (C=O) groups excluding carboxylic acids is 1. The zero-order valence-corrected chi connectivity index (χ0v) is 16.1.